The third kappa shape index (κ3) is 3.87. The van der Waals surface area contributed by atoms with Gasteiger partial charge in [0.1, 0.15) is 6.04 Å². The molecule has 0 aromatic heterocycles. The fourth-order valence-corrected chi connectivity index (χ4v) is 3.06. The Bertz CT molecular complexity index is 385. The molecule has 116 valence electrons. The summed E-state index contributed by atoms with van der Waals surface area (Å²) in [6.07, 6.45) is 1.68. The fraction of sp³-hybridized carbons (Fsp3) is 0.867. The van der Waals surface area contributed by atoms with Crippen LogP contribution in [0.15, 0.2) is 0 Å². The Morgan fingerprint density at radius 3 is 2.35 bits per heavy atom. The maximum atomic E-state index is 12.6. The van der Waals surface area contributed by atoms with E-state index in [0.717, 1.165) is 12.8 Å². The zero-order chi connectivity index (χ0) is 15.7. The molecule has 0 saturated carbocycles. The van der Waals surface area contributed by atoms with Crippen LogP contribution in [0.4, 0.5) is 4.79 Å². The Morgan fingerprint density at radius 2 is 1.90 bits per heavy atom. The molecule has 1 fully saturated rings. The number of carbonyl (C=O) groups excluding carboxylic acids is 1. The van der Waals surface area contributed by atoms with Crippen LogP contribution in [0.5, 0.6) is 0 Å². The largest absolute Gasteiger partial charge is 0.480 e. The lowest BCUT2D eigenvalue weighted by atomic mass is 9.76. The number of hydrogen-bond donors (Lipinski definition) is 1. The zero-order valence-corrected chi connectivity index (χ0v) is 13.6. The molecule has 1 aliphatic rings. The van der Waals surface area contributed by atoms with E-state index in [9.17, 15) is 14.7 Å². The molecule has 5 nitrogen and oxygen atoms in total. The number of carboxylic acids is 1. The quantitative estimate of drug-likeness (QED) is 0.848. The minimum Gasteiger partial charge on any atom is -0.480 e. The first-order valence-corrected chi connectivity index (χ1v) is 7.20. The highest BCUT2D eigenvalue weighted by atomic mass is 16.4. The van der Waals surface area contributed by atoms with E-state index in [-0.39, 0.29) is 16.9 Å². The summed E-state index contributed by atoms with van der Waals surface area (Å²) in [5.41, 5.74) is -0.392. The van der Waals surface area contributed by atoms with Crippen LogP contribution < -0.4 is 0 Å². The van der Waals surface area contributed by atoms with Crippen molar-refractivity contribution in [2.45, 2.75) is 53.5 Å². The van der Waals surface area contributed by atoms with Crippen molar-refractivity contribution in [3.8, 4) is 0 Å². The average molecular weight is 284 g/mol. The SMILES string of the molecule is CN(CC(C)(C)C)C(=O)N1CCCC(C)(C)C1C(=O)O. The Labute approximate surface area is 121 Å². The number of urea groups is 1. The molecule has 1 heterocycles. The second kappa shape index (κ2) is 5.62. The molecule has 0 radical (unpaired) electrons. The van der Waals surface area contributed by atoms with Crippen LogP contribution in [-0.4, -0.2) is 53.1 Å². The lowest BCUT2D eigenvalue weighted by Crippen LogP contribution is -2.59. The summed E-state index contributed by atoms with van der Waals surface area (Å²) < 4.78 is 0. The Kier molecular flexibility index (Phi) is 4.72. The van der Waals surface area contributed by atoms with Crippen molar-refractivity contribution in [2.24, 2.45) is 10.8 Å². The smallest absolute Gasteiger partial charge is 0.327 e. The highest BCUT2D eigenvalue weighted by Crippen LogP contribution is 2.35. The van der Waals surface area contributed by atoms with E-state index in [2.05, 4.69) is 20.8 Å². The molecule has 0 spiro atoms. The third-order valence-electron chi connectivity index (χ3n) is 3.79. The van der Waals surface area contributed by atoms with Crippen LogP contribution in [-0.2, 0) is 4.79 Å². The van der Waals surface area contributed by atoms with E-state index < -0.39 is 12.0 Å². The first-order valence-electron chi connectivity index (χ1n) is 7.20. The molecule has 0 aromatic rings. The molecule has 2 amide bonds. The van der Waals surface area contributed by atoms with E-state index in [4.69, 9.17) is 0 Å². The topological polar surface area (TPSA) is 60.9 Å². The first kappa shape index (κ1) is 16.8. The molecular formula is C15H28N2O3. The Morgan fingerprint density at radius 1 is 1.35 bits per heavy atom. The molecule has 1 atom stereocenters. The Hall–Kier alpha value is -1.26. The number of hydrogen-bond acceptors (Lipinski definition) is 2. The highest BCUT2D eigenvalue weighted by Gasteiger charge is 2.45. The second-order valence-electron chi connectivity index (χ2n) is 7.73. The standard InChI is InChI=1S/C15H28N2O3/c1-14(2,3)10-16(6)13(20)17-9-7-8-15(4,5)11(17)12(18)19/h11H,7-10H2,1-6H3,(H,18,19). The predicted molar refractivity (Wildman–Crippen MR) is 78.6 cm³/mol. The molecule has 1 N–H and O–H groups in total. The number of amides is 2. The summed E-state index contributed by atoms with van der Waals surface area (Å²) in [5.74, 6) is -0.910. The van der Waals surface area contributed by atoms with E-state index in [1.54, 1.807) is 11.9 Å². The number of piperidine rings is 1. The van der Waals surface area contributed by atoms with Gasteiger partial charge in [-0.25, -0.2) is 9.59 Å². The van der Waals surface area contributed by atoms with Crippen molar-refractivity contribution in [2.75, 3.05) is 20.1 Å². The number of aliphatic carboxylic acids is 1. The maximum Gasteiger partial charge on any atom is 0.327 e. The van der Waals surface area contributed by atoms with Gasteiger partial charge in [0.05, 0.1) is 0 Å². The highest BCUT2D eigenvalue weighted by molar-refractivity contribution is 5.83. The predicted octanol–water partition coefficient (Wildman–Crippen LogP) is 2.66. The van der Waals surface area contributed by atoms with Gasteiger partial charge < -0.3 is 14.9 Å². The van der Waals surface area contributed by atoms with Crippen molar-refractivity contribution < 1.29 is 14.7 Å². The lowest BCUT2D eigenvalue weighted by molar-refractivity contribution is -0.148. The molecule has 20 heavy (non-hydrogen) atoms. The van der Waals surface area contributed by atoms with Crippen molar-refractivity contribution >= 4 is 12.0 Å². The van der Waals surface area contributed by atoms with Crippen molar-refractivity contribution in [1.29, 1.82) is 0 Å². The van der Waals surface area contributed by atoms with Gasteiger partial charge in [0.25, 0.3) is 0 Å². The fourth-order valence-electron chi connectivity index (χ4n) is 3.06. The third-order valence-corrected chi connectivity index (χ3v) is 3.79. The van der Waals surface area contributed by atoms with Crippen LogP contribution in [0, 0.1) is 10.8 Å². The molecule has 0 aliphatic carbocycles. The average Bonchev–Trinajstić information content (AvgIpc) is 2.23. The number of likely N-dealkylation sites (tertiary alicyclic amines) is 1. The van der Waals surface area contributed by atoms with Gasteiger partial charge >= 0.3 is 12.0 Å². The van der Waals surface area contributed by atoms with Crippen LogP contribution >= 0.6 is 0 Å². The van der Waals surface area contributed by atoms with E-state index in [1.165, 1.54) is 4.90 Å². The summed E-state index contributed by atoms with van der Waals surface area (Å²) in [5, 5.41) is 9.50. The van der Waals surface area contributed by atoms with E-state index in [1.807, 2.05) is 13.8 Å². The van der Waals surface area contributed by atoms with Crippen LogP contribution in [0.3, 0.4) is 0 Å². The molecule has 0 aromatic carbocycles. The van der Waals surface area contributed by atoms with Gasteiger partial charge in [0.15, 0.2) is 0 Å². The van der Waals surface area contributed by atoms with Gasteiger partial charge in [-0.05, 0) is 23.7 Å². The number of nitrogens with zero attached hydrogens (tertiary/aromatic N) is 2. The van der Waals surface area contributed by atoms with Gasteiger partial charge in [-0.1, -0.05) is 34.6 Å². The minimum atomic E-state index is -0.910. The molecular weight excluding hydrogens is 256 g/mol. The van der Waals surface area contributed by atoms with E-state index in [0.29, 0.717) is 13.1 Å². The summed E-state index contributed by atoms with van der Waals surface area (Å²) in [7, 11) is 1.74. The summed E-state index contributed by atoms with van der Waals surface area (Å²) in [4.78, 5) is 27.3. The molecule has 0 bridgehead atoms. The van der Waals surface area contributed by atoms with E-state index >= 15 is 0 Å². The molecule has 1 saturated heterocycles. The minimum absolute atomic E-state index is 0.00552. The summed E-state index contributed by atoms with van der Waals surface area (Å²) in [6.45, 7) is 11.2. The monoisotopic (exact) mass is 284 g/mol. The second-order valence-corrected chi connectivity index (χ2v) is 7.73. The number of carboxylic acid groups (broad SMARTS) is 1. The van der Waals surface area contributed by atoms with Gasteiger partial charge in [-0.15, -0.1) is 0 Å². The first-order chi connectivity index (χ1) is 8.96. The van der Waals surface area contributed by atoms with Crippen molar-refractivity contribution in [3.63, 3.8) is 0 Å². The maximum absolute atomic E-state index is 12.6. The molecule has 1 unspecified atom stereocenters. The van der Waals surface area contributed by atoms with Crippen molar-refractivity contribution in [1.82, 2.24) is 9.80 Å². The number of carbonyl (C=O) groups is 2. The van der Waals surface area contributed by atoms with Gasteiger partial charge in [0.2, 0.25) is 0 Å². The molecule has 1 rings (SSSR count). The lowest BCUT2D eigenvalue weighted by Gasteiger charge is -2.45. The molecule has 5 heteroatoms. The normalized spacial score (nSPS) is 22.5. The van der Waals surface area contributed by atoms with Gasteiger partial charge in [-0.3, -0.25) is 0 Å². The van der Waals surface area contributed by atoms with Crippen LogP contribution in [0.25, 0.3) is 0 Å². The molecule has 1 aliphatic heterocycles. The van der Waals surface area contributed by atoms with Crippen LogP contribution in [0.2, 0.25) is 0 Å². The van der Waals surface area contributed by atoms with Gasteiger partial charge in [-0.2, -0.15) is 0 Å². The summed E-state index contributed by atoms with van der Waals surface area (Å²) >= 11 is 0. The van der Waals surface area contributed by atoms with Crippen LogP contribution in [0.1, 0.15) is 47.5 Å². The summed E-state index contributed by atoms with van der Waals surface area (Å²) in [6, 6.07) is -0.925. The van der Waals surface area contributed by atoms with Gasteiger partial charge in [0, 0.05) is 20.1 Å². The van der Waals surface area contributed by atoms with Crippen molar-refractivity contribution in [3.05, 3.63) is 0 Å². The Balaban J connectivity index is 2.92. The number of rotatable bonds is 2. The zero-order valence-electron chi connectivity index (χ0n) is 13.6.